The lowest BCUT2D eigenvalue weighted by molar-refractivity contribution is -0.135. The first-order valence-electron chi connectivity index (χ1n) is 5.66. The van der Waals surface area contributed by atoms with Crippen molar-refractivity contribution in [3.63, 3.8) is 0 Å². The molecule has 0 unspecified atom stereocenters. The Bertz CT molecular complexity index is 240. The van der Waals surface area contributed by atoms with Crippen LogP contribution in [-0.4, -0.2) is 50.0 Å². The molecule has 2 amide bonds. The molecule has 1 rings (SSSR count). The van der Waals surface area contributed by atoms with Gasteiger partial charge in [-0.2, -0.15) is 13.2 Å². The Balaban J connectivity index is 2.04. The van der Waals surface area contributed by atoms with E-state index in [1.807, 2.05) is 0 Å². The number of amides is 2. The summed E-state index contributed by atoms with van der Waals surface area (Å²) in [6, 6.07) is -0.222. The highest BCUT2D eigenvalue weighted by Crippen LogP contribution is 2.21. The zero-order valence-electron chi connectivity index (χ0n) is 9.55. The van der Waals surface area contributed by atoms with Crippen molar-refractivity contribution >= 4 is 6.03 Å². The van der Waals surface area contributed by atoms with Gasteiger partial charge in [0.25, 0.3) is 0 Å². The average molecular weight is 254 g/mol. The molecule has 0 radical (unpaired) electrons. The van der Waals surface area contributed by atoms with E-state index in [0.717, 1.165) is 0 Å². The summed E-state index contributed by atoms with van der Waals surface area (Å²) in [5.74, 6) is 0. The van der Waals surface area contributed by atoms with E-state index in [-0.39, 0.29) is 19.0 Å². The zero-order valence-corrected chi connectivity index (χ0v) is 9.55. The van der Waals surface area contributed by atoms with Crippen LogP contribution in [0.3, 0.4) is 0 Å². The van der Waals surface area contributed by atoms with Crippen molar-refractivity contribution < 1.29 is 22.7 Å². The Morgan fingerprint density at radius 3 is 2.47 bits per heavy atom. The fraction of sp³-hybridized carbons (Fsp3) is 0.900. The quantitative estimate of drug-likeness (QED) is 0.777. The van der Waals surface area contributed by atoms with E-state index in [2.05, 4.69) is 5.32 Å². The van der Waals surface area contributed by atoms with Crippen molar-refractivity contribution in [2.75, 3.05) is 32.8 Å². The molecule has 1 heterocycles. The maximum absolute atomic E-state index is 11.8. The summed E-state index contributed by atoms with van der Waals surface area (Å²) >= 11 is 0. The van der Waals surface area contributed by atoms with Gasteiger partial charge in [-0.05, 0) is 12.8 Å². The number of hydrogen-bond acceptors (Lipinski definition) is 2. The summed E-state index contributed by atoms with van der Waals surface area (Å²) in [5, 5.41) is 2.60. The van der Waals surface area contributed by atoms with Gasteiger partial charge < -0.3 is 15.0 Å². The molecule has 0 aliphatic carbocycles. The van der Waals surface area contributed by atoms with E-state index >= 15 is 0 Å². The molecule has 1 N–H and O–H groups in total. The van der Waals surface area contributed by atoms with Crippen molar-refractivity contribution in [2.45, 2.75) is 25.4 Å². The van der Waals surface area contributed by atoms with Crippen molar-refractivity contribution in [1.82, 2.24) is 10.2 Å². The van der Waals surface area contributed by atoms with Gasteiger partial charge in [-0.1, -0.05) is 0 Å². The molecule has 0 atom stereocenters. The van der Waals surface area contributed by atoms with Crippen LogP contribution in [0.4, 0.5) is 18.0 Å². The van der Waals surface area contributed by atoms with Crippen LogP contribution in [0.5, 0.6) is 0 Å². The Morgan fingerprint density at radius 1 is 1.24 bits per heavy atom. The predicted octanol–water partition coefficient (Wildman–Crippen LogP) is 1.76. The van der Waals surface area contributed by atoms with Gasteiger partial charge in [-0.25, -0.2) is 4.79 Å². The number of halogens is 3. The highest BCUT2D eigenvalue weighted by atomic mass is 19.4. The third-order valence-corrected chi connectivity index (χ3v) is 2.46. The summed E-state index contributed by atoms with van der Waals surface area (Å²) < 4.78 is 40.6. The van der Waals surface area contributed by atoms with Crippen LogP contribution in [0.1, 0.15) is 19.3 Å². The van der Waals surface area contributed by atoms with Crippen molar-refractivity contribution in [3.05, 3.63) is 0 Å². The molecule has 1 fully saturated rings. The minimum absolute atomic E-state index is 0.0485. The number of carbonyl (C=O) groups excluding carboxylic acids is 1. The first-order valence-corrected chi connectivity index (χ1v) is 5.66. The number of nitrogens with one attached hydrogen (secondary N) is 1. The summed E-state index contributed by atoms with van der Waals surface area (Å²) in [4.78, 5) is 13.1. The fourth-order valence-corrected chi connectivity index (χ4v) is 1.52. The SMILES string of the molecule is O=C(NCCCCC(F)(F)F)N1CCOCC1. The summed E-state index contributed by atoms with van der Waals surface area (Å²) in [7, 11) is 0. The second-order valence-corrected chi connectivity index (χ2v) is 3.90. The van der Waals surface area contributed by atoms with Gasteiger partial charge in [-0.15, -0.1) is 0 Å². The molecule has 0 aromatic heterocycles. The standard InChI is InChI=1S/C10H17F3N2O2/c11-10(12,13)3-1-2-4-14-9(16)15-5-7-17-8-6-15/h1-8H2,(H,14,16). The number of alkyl halides is 3. The van der Waals surface area contributed by atoms with Crippen LogP contribution in [0.15, 0.2) is 0 Å². The monoisotopic (exact) mass is 254 g/mol. The summed E-state index contributed by atoms with van der Waals surface area (Å²) in [6.45, 7) is 2.39. The zero-order chi connectivity index (χ0) is 12.7. The molecule has 0 bridgehead atoms. The van der Waals surface area contributed by atoms with Crippen molar-refractivity contribution in [3.8, 4) is 0 Å². The number of nitrogens with zero attached hydrogens (tertiary/aromatic N) is 1. The number of unbranched alkanes of at least 4 members (excludes halogenated alkanes) is 1. The fourth-order valence-electron chi connectivity index (χ4n) is 1.52. The Hall–Kier alpha value is -0.980. The lowest BCUT2D eigenvalue weighted by atomic mass is 10.2. The molecule has 4 nitrogen and oxygen atoms in total. The number of hydrogen-bond donors (Lipinski definition) is 1. The maximum Gasteiger partial charge on any atom is 0.389 e. The van der Waals surface area contributed by atoms with E-state index in [9.17, 15) is 18.0 Å². The summed E-state index contributed by atoms with van der Waals surface area (Å²) in [6.07, 6.45) is -4.50. The van der Waals surface area contributed by atoms with Crippen LogP contribution in [0, 0.1) is 0 Å². The van der Waals surface area contributed by atoms with Crippen LogP contribution >= 0.6 is 0 Å². The largest absolute Gasteiger partial charge is 0.389 e. The van der Waals surface area contributed by atoms with Gasteiger partial charge in [0.2, 0.25) is 0 Å². The molecule has 1 aliphatic heterocycles. The first kappa shape index (κ1) is 14.1. The van der Waals surface area contributed by atoms with Gasteiger partial charge >= 0.3 is 12.2 Å². The normalized spacial score (nSPS) is 17.0. The molecule has 1 saturated heterocycles. The van der Waals surface area contributed by atoms with Gasteiger partial charge in [0, 0.05) is 26.1 Å². The molecular weight excluding hydrogens is 237 g/mol. The molecule has 0 spiro atoms. The Kier molecular flexibility index (Phi) is 5.54. The highest BCUT2D eigenvalue weighted by molar-refractivity contribution is 5.74. The molecule has 7 heteroatoms. The first-order chi connectivity index (χ1) is 7.99. The van der Waals surface area contributed by atoms with E-state index in [4.69, 9.17) is 4.74 Å². The van der Waals surface area contributed by atoms with E-state index in [1.165, 1.54) is 0 Å². The topological polar surface area (TPSA) is 41.6 Å². The van der Waals surface area contributed by atoms with Gasteiger partial charge in [-0.3, -0.25) is 0 Å². The number of urea groups is 1. The third kappa shape index (κ3) is 6.35. The predicted molar refractivity (Wildman–Crippen MR) is 55.7 cm³/mol. The smallest absolute Gasteiger partial charge is 0.378 e. The minimum Gasteiger partial charge on any atom is -0.378 e. The number of morpholine rings is 1. The second kappa shape index (κ2) is 6.68. The van der Waals surface area contributed by atoms with Crippen LogP contribution < -0.4 is 5.32 Å². The van der Waals surface area contributed by atoms with E-state index < -0.39 is 12.6 Å². The van der Waals surface area contributed by atoms with Crippen molar-refractivity contribution in [2.24, 2.45) is 0 Å². The van der Waals surface area contributed by atoms with Gasteiger partial charge in [0.05, 0.1) is 13.2 Å². The van der Waals surface area contributed by atoms with E-state index in [0.29, 0.717) is 32.7 Å². The van der Waals surface area contributed by atoms with E-state index in [1.54, 1.807) is 4.90 Å². The van der Waals surface area contributed by atoms with Gasteiger partial charge in [0.15, 0.2) is 0 Å². The average Bonchev–Trinajstić information content (AvgIpc) is 2.28. The molecular formula is C10H17F3N2O2. The van der Waals surface area contributed by atoms with Crippen LogP contribution in [0.25, 0.3) is 0 Å². The number of ether oxygens (including phenoxy) is 1. The molecule has 17 heavy (non-hydrogen) atoms. The minimum atomic E-state index is -4.10. The molecule has 100 valence electrons. The van der Waals surface area contributed by atoms with Crippen molar-refractivity contribution in [1.29, 1.82) is 0 Å². The highest BCUT2D eigenvalue weighted by Gasteiger charge is 2.25. The lowest BCUT2D eigenvalue weighted by Gasteiger charge is -2.26. The number of rotatable bonds is 4. The maximum atomic E-state index is 11.8. The number of carbonyl (C=O) groups is 1. The summed E-state index contributed by atoms with van der Waals surface area (Å²) in [5.41, 5.74) is 0. The molecule has 1 aliphatic rings. The second-order valence-electron chi connectivity index (χ2n) is 3.90. The van der Waals surface area contributed by atoms with Crippen LogP contribution in [0.2, 0.25) is 0 Å². The molecule has 0 aromatic carbocycles. The Labute approximate surface area is 98.1 Å². The molecule has 0 aromatic rings. The Morgan fingerprint density at radius 2 is 1.88 bits per heavy atom. The third-order valence-electron chi connectivity index (χ3n) is 2.46. The van der Waals surface area contributed by atoms with Gasteiger partial charge in [0.1, 0.15) is 0 Å². The van der Waals surface area contributed by atoms with Crippen LogP contribution in [-0.2, 0) is 4.74 Å². The lowest BCUT2D eigenvalue weighted by Crippen LogP contribution is -2.46. The molecule has 0 saturated carbocycles.